The van der Waals surface area contributed by atoms with Gasteiger partial charge in [-0.25, -0.2) is 0 Å². The van der Waals surface area contributed by atoms with Crippen molar-refractivity contribution in [3.8, 4) is 0 Å². The van der Waals surface area contributed by atoms with Crippen LogP contribution in [0.25, 0.3) is 0 Å². The number of carbonyl (C=O) groups excluding carboxylic acids is 1. The van der Waals surface area contributed by atoms with Crippen LogP contribution < -0.4 is 0 Å². The molecule has 2 heterocycles. The van der Waals surface area contributed by atoms with Gasteiger partial charge in [-0.3, -0.25) is 4.79 Å². The molecule has 0 amide bonds. The Bertz CT molecular complexity index is 466. The van der Waals surface area contributed by atoms with E-state index in [4.69, 9.17) is 4.74 Å². The van der Waals surface area contributed by atoms with Crippen molar-refractivity contribution in [3.05, 3.63) is 0 Å². The summed E-state index contributed by atoms with van der Waals surface area (Å²) in [6.45, 7) is 6.13. The highest BCUT2D eigenvalue weighted by Crippen LogP contribution is 2.25. The van der Waals surface area contributed by atoms with Crippen LogP contribution in [-0.2, 0) is 19.7 Å². The Labute approximate surface area is 127 Å². The predicted molar refractivity (Wildman–Crippen MR) is 79.8 cm³/mol. The van der Waals surface area contributed by atoms with Gasteiger partial charge < -0.3 is 4.74 Å². The second-order valence-electron chi connectivity index (χ2n) is 6.06. The van der Waals surface area contributed by atoms with Crippen molar-refractivity contribution in [2.75, 3.05) is 32.8 Å². The second-order valence-corrected chi connectivity index (χ2v) is 7.99. The zero-order valence-corrected chi connectivity index (χ0v) is 13.8. The molecule has 0 spiro atoms. The largest absolute Gasteiger partial charge is 0.466 e. The van der Waals surface area contributed by atoms with E-state index in [1.807, 2.05) is 0 Å². The lowest BCUT2D eigenvalue weighted by atomic mass is 10.0. The molecule has 2 aliphatic heterocycles. The fourth-order valence-corrected chi connectivity index (χ4v) is 4.98. The topological polar surface area (TPSA) is 66.9 Å². The molecule has 0 aromatic carbocycles. The molecule has 0 bridgehead atoms. The van der Waals surface area contributed by atoms with E-state index in [1.165, 1.54) is 4.31 Å². The second kappa shape index (κ2) is 7.07. The average molecular weight is 318 g/mol. The van der Waals surface area contributed by atoms with Gasteiger partial charge in [0.05, 0.1) is 12.5 Å². The number of nitrogens with zero attached hydrogens (tertiary/aromatic N) is 2. The highest BCUT2D eigenvalue weighted by atomic mass is 32.2. The highest BCUT2D eigenvalue weighted by Gasteiger charge is 2.37. The summed E-state index contributed by atoms with van der Waals surface area (Å²) in [6.07, 6.45) is 3.42. The summed E-state index contributed by atoms with van der Waals surface area (Å²) >= 11 is 0. The number of hydrogen-bond acceptors (Lipinski definition) is 4. The number of rotatable bonds is 4. The van der Waals surface area contributed by atoms with Gasteiger partial charge in [-0.05, 0) is 38.5 Å². The SMILES string of the molecule is CCOC(=O)[C@H]1CCCN(S(=O)(=O)N2CCCC(C)C2)C1. The van der Waals surface area contributed by atoms with Crippen molar-refractivity contribution in [1.29, 1.82) is 0 Å². The predicted octanol–water partition coefficient (Wildman–Crippen LogP) is 1.24. The first-order valence-electron chi connectivity index (χ1n) is 7.87. The molecule has 2 fully saturated rings. The summed E-state index contributed by atoms with van der Waals surface area (Å²) in [5, 5.41) is 0. The average Bonchev–Trinajstić information content (AvgIpc) is 2.47. The van der Waals surface area contributed by atoms with Gasteiger partial charge in [0.1, 0.15) is 0 Å². The molecule has 2 atom stereocenters. The van der Waals surface area contributed by atoms with E-state index in [9.17, 15) is 13.2 Å². The van der Waals surface area contributed by atoms with Crippen LogP contribution in [0.3, 0.4) is 0 Å². The van der Waals surface area contributed by atoms with Crippen molar-refractivity contribution in [1.82, 2.24) is 8.61 Å². The zero-order valence-electron chi connectivity index (χ0n) is 13.0. The van der Waals surface area contributed by atoms with Crippen molar-refractivity contribution >= 4 is 16.2 Å². The number of esters is 1. The van der Waals surface area contributed by atoms with Crippen LogP contribution in [-0.4, -0.2) is 55.8 Å². The van der Waals surface area contributed by atoms with Gasteiger partial charge in [0, 0.05) is 26.2 Å². The van der Waals surface area contributed by atoms with E-state index >= 15 is 0 Å². The Morgan fingerprint density at radius 1 is 1.14 bits per heavy atom. The van der Waals surface area contributed by atoms with E-state index in [1.54, 1.807) is 11.2 Å². The van der Waals surface area contributed by atoms with Crippen LogP contribution in [0.15, 0.2) is 0 Å². The molecule has 1 unspecified atom stereocenters. The lowest BCUT2D eigenvalue weighted by molar-refractivity contribution is -0.149. The van der Waals surface area contributed by atoms with E-state index in [0.717, 1.165) is 12.8 Å². The van der Waals surface area contributed by atoms with Gasteiger partial charge in [-0.15, -0.1) is 0 Å². The first-order chi connectivity index (χ1) is 9.95. The molecule has 6 nitrogen and oxygen atoms in total. The van der Waals surface area contributed by atoms with Crippen molar-refractivity contribution < 1.29 is 17.9 Å². The van der Waals surface area contributed by atoms with Crippen LogP contribution in [0.1, 0.15) is 39.5 Å². The lowest BCUT2D eigenvalue weighted by Gasteiger charge is -2.37. The Morgan fingerprint density at radius 2 is 1.76 bits per heavy atom. The first kappa shape index (κ1) is 16.7. The van der Waals surface area contributed by atoms with Crippen LogP contribution in [0, 0.1) is 11.8 Å². The van der Waals surface area contributed by atoms with Gasteiger partial charge in [0.2, 0.25) is 0 Å². The third kappa shape index (κ3) is 3.96. The Kier molecular flexibility index (Phi) is 5.62. The number of piperidine rings is 2. The van der Waals surface area contributed by atoms with Crippen molar-refractivity contribution in [2.24, 2.45) is 11.8 Å². The molecule has 0 aromatic rings. The lowest BCUT2D eigenvalue weighted by Crippen LogP contribution is -2.51. The molecular formula is C14H26N2O4S. The molecule has 0 N–H and O–H groups in total. The maximum atomic E-state index is 12.7. The first-order valence-corrected chi connectivity index (χ1v) is 9.26. The van der Waals surface area contributed by atoms with Crippen LogP contribution >= 0.6 is 0 Å². The minimum Gasteiger partial charge on any atom is -0.466 e. The van der Waals surface area contributed by atoms with Crippen LogP contribution in [0.5, 0.6) is 0 Å². The molecule has 2 saturated heterocycles. The summed E-state index contributed by atoms with van der Waals surface area (Å²) in [4.78, 5) is 11.8. The Hall–Kier alpha value is -0.660. The van der Waals surface area contributed by atoms with Gasteiger partial charge >= 0.3 is 5.97 Å². The Morgan fingerprint density at radius 3 is 2.38 bits per heavy atom. The molecular weight excluding hydrogens is 292 g/mol. The van der Waals surface area contributed by atoms with Gasteiger partial charge in [-0.1, -0.05) is 6.92 Å². The third-order valence-corrected chi connectivity index (χ3v) is 6.24. The molecule has 0 radical (unpaired) electrons. The normalized spacial score (nSPS) is 29.2. The van der Waals surface area contributed by atoms with Crippen LogP contribution in [0.2, 0.25) is 0 Å². The Balaban J connectivity index is 2.03. The maximum absolute atomic E-state index is 12.7. The molecule has 0 aromatic heterocycles. The fraction of sp³-hybridized carbons (Fsp3) is 0.929. The summed E-state index contributed by atoms with van der Waals surface area (Å²) in [6, 6.07) is 0. The van der Waals surface area contributed by atoms with E-state index in [2.05, 4.69) is 6.92 Å². The molecule has 2 rings (SSSR count). The van der Waals surface area contributed by atoms with Gasteiger partial charge in [-0.2, -0.15) is 17.0 Å². The molecule has 122 valence electrons. The number of hydrogen-bond donors (Lipinski definition) is 0. The zero-order chi connectivity index (χ0) is 15.5. The summed E-state index contributed by atoms with van der Waals surface area (Å²) in [5.74, 6) is -0.195. The minimum atomic E-state index is -3.44. The van der Waals surface area contributed by atoms with Gasteiger partial charge in [0.15, 0.2) is 0 Å². The molecule has 0 saturated carbocycles. The summed E-state index contributed by atoms with van der Waals surface area (Å²) in [5.41, 5.74) is 0. The monoisotopic (exact) mass is 318 g/mol. The third-order valence-electron chi connectivity index (χ3n) is 4.28. The number of ether oxygens (including phenoxy) is 1. The standard InChI is InChI=1S/C14H26N2O4S/c1-3-20-14(17)13-7-5-9-16(11-13)21(18,19)15-8-4-6-12(2)10-15/h12-13H,3-11H2,1-2H3/t12?,13-/m0/s1. The molecule has 0 aliphatic carbocycles. The molecule has 21 heavy (non-hydrogen) atoms. The van der Waals surface area contributed by atoms with E-state index in [0.29, 0.717) is 45.0 Å². The fourth-order valence-electron chi connectivity index (χ4n) is 3.12. The number of carbonyl (C=O) groups is 1. The van der Waals surface area contributed by atoms with Crippen molar-refractivity contribution in [3.63, 3.8) is 0 Å². The molecule has 2 aliphatic rings. The smallest absolute Gasteiger partial charge is 0.310 e. The van der Waals surface area contributed by atoms with E-state index < -0.39 is 10.2 Å². The molecule has 7 heteroatoms. The highest BCUT2D eigenvalue weighted by molar-refractivity contribution is 7.86. The van der Waals surface area contributed by atoms with Crippen LogP contribution in [0.4, 0.5) is 0 Å². The van der Waals surface area contributed by atoms with E-state index in [-0.39, 0.29) is 18.4 Å². The summed E-state index contributed by atoms with van der Waals surface area (Å²) in [7, 11) is -3.44. The van der Waals surface area contributed by atoms with Crippen molar-refractivity contribution in [2.45, 2.75) is 39.5 Å². The quantitative estimate of drug-likeness (QED) is 0.732. The minimum absolute atomic E-state index is 0.256. The maximum Gasteiger partial charge on any atom is 0.310 e. The summed E-state index contributed by atoms with van der Waals surface area (Å²) < 4.78 is 33.5. The van der Waals surface area contributed by atoms with Gasteiger partial charge in [0.25, 0.3) is 10.2 Å².